The molecule has 0 bridgehead atoms. The molecule has 22 heavy (non-hydrogen) atoms. The van der Waals surface area contributed by atoms with E-state index < -0.39 is 0 Å². The third kappa shape index (κ3) is 2.67. The number of nitrogens with one attached hydrogen (secondary N) is 1. The molecule has 5 N–H and O–H groups in total. The normalized spacial score (nSPS) is 14.9. The van der Waals surface area contributed by atoms with E-state index in [1.54, 1.807) is 18.2 Å². The summed E-state index contributed by atoms with van der Waals surface area (Å²) in [7, 11) is 1.92. The predicted molar refractivity (Wildman–Crippen MR) is 85.1 cm³/mol. The van der Waals surface area contributed by atoms with Crippen LogP contribution < -0.4 is 21.7 Å². The zero-order valence-electron chi connectivity index (χ0n) is 12.4. The first-order valence-corrected chi connectivity index (χ1v) is 7.16. The highest BCUT2D eigenvalue weighted by molar-refractivity contribution is 5.62. The average molecular weight is 302 g/mol. The van der Waals surface area contributed by atoms with E-state index in [1.165, 1.54) is 6.07 Å². The molecule has 0 saturated carbocycles. The van der Waals surface area contributed by atoms with Crippen LogP contribution >= 0.6 is 0 Å². The number of benzene rings is 1. The summed E-state index contributed by atoms with van der Waals surface area (Å²) in [6, 6.07) is 7.05. The summed E-state index contributed by atoms with van der Waals surface area (Å²) in [5, 5.41) is 3.20. The van der Waals surface area contributed by atoms with Gasteiger partial charge in [-0.2, -0.15) is 9.97 Å². The Morgan fingerprint density at radius 1 is 1.27 bits per heavy atom. The van der Waals surface area contributed by atoms with Gasteiger partial charge in [0.2, 0.25) is 5.95 Å². The van der Waals surface area contributed by atoms with Gasteiger partial charge in [0.25, 0.3) is 0 Å². The number of halogens is 1. The van der Waals surface area contributed by atoms with Gasteiger partial charge in [-0.15, -0.1) is 0 Å². The molecule has 2 heterocycles. The van der Waals surface area contributed by atoms with Gasteiger partial charge in [-0.3, -0.25) is 0 Å². The lowest BCUT2D eigenvalue weighted by atomic mass is 10.0. The molecule has 1 aromatic carbocycles. The molecule has 1 aliphatic heterocycles. The molecule has 6 nitrogen and oxygen atoms in total. The summed E-state index contributed by atoms with van der Waals surface area (Å²) in [5.74, 6) is 0.873. The number of anilines is 3. The summed E-state index contributed by atoms with van der Waals surface area (Å²) < 4.78 is 13.9. The molecule has 1 fully saturated rings. The van der Waals surface area contributed by atoms with Crippen LogP contribution in [0, 0.1) is 5.82 Å². The molecule has 0 amide bonds. The second kappa shape index (κ2) is 5.76. The van der Waals surface area contributed by atoms with Crippen LogP contribution in [0.1, 0.15) is 11.1 Å². The second-order valence-corrected chi connectivity index (χ2v) is 5.43. The number of likely N-dealkylation sites (N-methyl/N-ethyl adjacent to an activating group) is 1. The van der Waals surface area contributed by atoms with Crippen LogP contribution in [0.3, 0.4) is 0 Å². The first-order chi connectivity index (χ1) is 10.6. The van der Waals surface area contributed by atoms with Gasteiger partial charge in [0.15, 0.2) is 0 Å². The molecule has 2 aromatic rings. The van der Waals surface area contributed by atoms with Gasteiger partial charge < -0.3 is 21.7 Å². The van der Waals surface area contributed by atoms with Gasteiger partial charge in [0.05, 0.1) is 0 Å². The molecule has 0 radical (unpaired) electrons. The molecular formula is C15H19FN6. The monoisotopic (exact) mass is 302 g/mol. The number of aromatic nitrogens is 2. The molecular weight excluding hydrogens is 283 g/mol. The fourth-order valence-corrected chi connectivity index (χ4v) is 2.60. The van der Waals surface area contributed by atoms with Gasteiger partial charge in [-0.1, -0.05) is 18.2 Å². The zero-order valence-corrected chi connectivity index (χ0v) is 12.4. The van der Waals surface area contributed by atoms with Crippen LogP contribution in [0.25, 0.3) is 0 Å². The molecule has 116 valence electrons. The smallest absolute Gasteiger partial charge is 0.223 e. The van der Waals surface area contributed by atoms with E-state index in [-0.39, 0.29) is 11.8 Å². The number of nitrogens with zero attached hydrogens (tertiary/aromatic N) is 3. The quantitative estimate of drug-likeness (QED) is 0.773. The Kier molecular flexibility index (Phi) is 3.81. The van der Waals surface area contributed by atoms with Crippen molar-refractivity contribution in [1.29, 1.82) is 0 Å². The SMILES string of the molecule is CNC1CN(c2nc(N)nc(N)c2Cc2ccccc2F)C1. The Labute approximate surface area is 128 Å². The molecule has 7 heteroatoms. The highest BCUT2D eigenvalue weighted by atomic mass is 19.1. The molecule has 1 saturated heterocycles. The van der Waals surface area contributed by atoms with Crippen LogP contribution in [0.5, 0.6) is 0 Å². The van der Waals surface area contributed by atoms with Crippen molar-refractivity contribution in [2.24, 2.45) is 0 Å². The minimum atomic E-state index is -0.263. The van der Waals surface area contributed by atoms with Crippen molar-refractivity contribution in [3.63, 3.8) is 0 Å². The van der Waals surface area contributed by atoms with Crippen LogP contribution in [-0.2, 0) is 6.42 Å². The molecule has 0 atom stereocenters. The number of nitrogen functional groups attached to an aromatic ring is 2. The Morgan fingerprint density at radius 3 is 2.68 bits per heavy atom. The number of nitrogens with two attached hydrogens (primary N) is 2. The molecule has 0 unspecified atom stereocenters. The highest BCUT2D eigenvalue weighted by Crippen LogP contribution is 2.29. The molecule has 0 spiro atoms. The van der Waals surface area contributed by atoms with Gasteiger partial charge in [0.1, 0.15) is 17.5 Å². The standard InChI is InChI=1S/C15H19FN6/c1-19-10-7-22(8-10)14-11(13(17)20-15(18)21-14)6-9-4-2-3-5-12(9)16/h2-5,10,19H,6-8H2,1H3,(H4,17,18,20,21). The van der Waals surface area contributed by atoms with Crippen molar-refractivity contribution >= 4 is 17.6 Å². The molecule has 1 aromatic heterocycles. The highest BCUT2D eigenvalue weighted by Gasteiger charge is 2.29. The molecule has 1 aliphatic rings. The van der Waals surface area contributed by atoms with Gasteiger partial charge in [-0.05, 0) is 18.7 Å². The Morgan fingerprint density at radius 2 is 2.00 bits per heavy atom. The van der Waals surface area contributed by atoms with E-state index in [0.717, 1.165) is 13.1 Å². The number of hydrogen-bond donors (Lipinski definition) is 3. The van der Waals surface area contributed by atoms with Crippen LogP contribution in [-0.4, -0.2) is 36.1 Å². The lowest BCUT2D eigenvalue weighted by Gasteiger charge is -2.41. The lowest BCUT2D eigenvalue weighted by Crippen LogP contribution is -2.57. The zero-order chi connectivity index (χ0) is 15.7. The van der Waals surface area contributed by atoms with E-state index in [4.69, 9.17) is 11.5 Å². The summed E-state index contributed by atoms with van der Waals surface area (Å²) in [4.78, 5) is 10.4. The maximum absolute atomic E-state index is 13.9. The van der Waals surface area contributed by atoms with E-state index in [9.17, 15) is 4.39 Å². The van der Waals surface area contributed by atoms with Gasteiger partial charge in [-0.25, -0.2) is 4.39 Å². The van der Waals surface area contributed by atoms with E-state index in [1.807, 2.05) is 7.05 Å². The van der Waals surface area contributed by atoms with Crippen LogP contribution in [0.15, 0.2) is 24.3 Å². The Bertz CT molecular complexity index is 684. The fourth-order valence-electron chi connectivity index (χ4n) is 2.60. The van der Waals surface area contributed by atoms with Crippen molar-refractivity contribution in [3.05, 3.63) is 41.2 Å². The fraction of sp³-hybridized carbons (Fsp3) is 0.333. The van der Waals surface area contributed by atoms with Gasteiger partial charge in [0, 0.05) is 31.1 Å². The second-order valence-electron chi connectivity index (χ2n) is 5.43. The Hall–Kier alpha value is -2.41. The molecule has 0 aliphatic carbocycles. The van der Waals surface area contributed by atoms with Crippen molar-refractivity contribution in [2.75, 3.05) is 36.5 Å². The van der Waals surface area contributed by atoms with Crippen molar-refractivity contribution < 1.29 is 4.39 Å². The number of hydrogen-bond acceptors (Lipinski definition) is 6. The summed E-state index contributed by atoms with van der Waals surface area (Å²) in [6.07, 6.45) is 0.342. The third-order valence-electron chi connectivity index (χ3n) is 3.95. The summed E-state index contributed by atoms with van der Waals surface area (Å²) >= 11 is 0. The van der Waals surface area contributed by atoms with E-state index in [2.05, 4.69) is 20.2 Å². The number of rotatable bonds is 4. The minimum Gasteiger partial charge on any atom is -0.383 e. The van der Waals surface area contributed by atoms with Crippen molar-refractivity contribution in [3.8, 4) is 0 Å². The topological polar surface area (TPSA) is 93.1 Å². The largest absolute Gasteiger partial charge is 0.383 e. The van der Waals surface area contributed by atoms with Crippen LogP contribution in [0.2, 0.25) is 0 Å². The minimum absolute atomic E-state index is 0.137. The van der Waals surface area contributed by atoms with E-state index >= 15 is 0 Å². The third-order valence-corrected chi connectivity index (χ3v) is 3.95. The summed E-state index contributed by atoms with van der Waals surface area (Å²) in [5.41, 5.74) is 13.0. The Balaban J connectivity index is 1.94. The molecule has 3 rings (SSSR count). The first-order valence-electron chi connectivity index (χ1n) is 7.16. The van der Waals surface area contributed by atoms with Crippen LogP contribution in [0.4, 0.5) is 22.0 Å². The summed E-state index contributed by atoms with van der Waals surface area (Å²) in [6.45, 7) is 1.63. The van der Waals surface area contributed by atoms with Crippen molar-refractivity contribution in [1.82, 2.24) is 15.3 Å². The lowest BCUT2D eigenvalue weighted by molar-refractivity contribution is 0.446. The van der Waals surface area contributed by atoms with Gasteiger partial charge >= 0.3 is 0 Å². The maximum atomic E-state index is 13.9. The van der Waals surface area contributed by atoms with E-state index in [0.29, 0.717) is 35.2 Å². The average Bonchev–Trinajstić information content (AvgIpc) is 2.43. The maximum Gasteiger partial charge on any atom is 0.223 e. The van der Waals surface area contributed by atoms with Crippen molar-refractivity contribution in [2.45, 2.75) is 12.5 Å². The first kappa shape index (κ1) is 14.5. The predicted octanol–water partition coefficient (Wildman–Crippen LogP) is 0.779.